The maximum Gasteiger partial charge on any atom is 0.233 e. The summed E-state index contributed by atoms with van der Waals surface area (Å²) in [5.74, 6) is 7.67. The maximum absolute atomic E-state index is 12.6. The number of carbonyl (C=O) groups is 1. The number of nitrogens with two attached hydrogens (primary N) is 1. The predicted octanol–water partition coefficient (Wildman–Crippen LogP) is 3.33. The van der Waals surface area contributed by atoms with E-state index in [2.05, 4.69) is 16.3 Å². The highest BCUT2D eigenvalue weighted by molar-refractivity contribution is 7.99. The summed E-state index contributed by atoms with van der Waals surface area (Å²) >= 11 is 1.27. The summed E-state index contributed by atoms with van der Waals surface area (Å²) in [5, 5.41) is 8.70. The van der Waals surface area contributed by atoms with Crippen molar-refractivity contribution in [2.24, 2.45) is 0 Å². The van der Waals surface area contributed by atoms with Gasteiger partial charge < -0.3 is 15.5 Å². The molecular formula is C22H27N5O2S. The second-order valence-electron chi connectivity index (χ2n) is 7.01. The van der Waals surface area contributed by atoms with Crippen LogP contribution in [0.1, 0.15) is 29.4 Å². The zero-order valence-electron chi connectivity index (χ0n) is 17.5. The minimum atomic E-state index is 0.0300. The topological polar surface area (TPSA) is 86.3 Å². The van der Waals surface area contributed by atoms with E-state index in [1.54, 1.807) is 0 Å². The third-order valence-corrected chi connectivity index (χ3v) is 5.63. The lowest BCUT2D eigenvalue weighted by molar-refractivity contribution is -0.128. The van der Waals surface area contributed by atoms with E-state index in [-0.39, 0.29) is 18.3 Å². The molecule has 0 atom stereocenters. The lowest BCUT2D eigenvalue weighted by Crippen LogP contribution is -2.31. The summed E-state index contributed by atoms with van der Waals surface area (Å²) in [6.45, 7) is 7.44. The molecule has 0 spiro atoms. The fraction of sp³-hybridized carbons (Fsp3) is 0.318. The number of aromatic nitrogens is 3. The summed E-state index contributed by atoms with van der Waals surface area (Å²) in [5.41, 5.74) is 3.33. The van der Waals surface area contributed by atoms with Crippen LogP contribution in [0.5, 0.6) is 5.75 Å². The number of amides is 1. The molecule has 2 N–H and O–H groups in total. The average molecular weight is 426 g/mol. The Hall–Kier alpha value is -3.00. The van der Waals surface area contributed by atoms with Crippen molar-refractivity contribution >= 4 is 17.7 Å². The Morgan fingerprint density at radius 3 is 2.63 bits per heavy atom. The lowest BCUT2D eigenvalue weighted by atomic mass is 10.1. The second kappa shape index (κ2) is 10.2. The van der Waals surface area contributed by atoms with Crippen molar-refractivity contribution in [1.82, 2.24) is 19.8 Å². The summed E-state index contributed by atoms with van der Waals surface area (Å²) < 4.78 is 7.22. The molecule has 0 radical (unpaired) electrons. The number of ether oxygens (including phenoxy) is 1. The molecular weight excluding hydrogens is 398 g/mol. The van der Waals surface area contributed by atoms with Crippen LogP contribution in [-0.2, 0) is 17.9 Å². The van der Waals surface area contributed by atoms with Crippen LogP contribution in [-0.4, -0.2) is 38.0 Å². The highest BCUT2D eigenvalue weighted by atomic mass is 32.2. The number of hydrogen-bond donors (Lipinski definition) is 1. The number of carbonyl (C=O) groups excluding carboxylic acids is 1. The van der Waals surface area contributed by atoms with Crippen molar-refractivity contribution in [2.45, 2.75) is 39.1 Å². The van der Waals surface area contributed by atoms with Crippen LogP contribution in [0.2, 0.25) is 0 Å². The molecule has 0 saturated carbocycles. The first kappa shape index (κ1) is 21.7. The van der Waals surface area contributed by atoms with Gasteiger partial charge in [0, 0.05) is 13.1 Å². The van der Waals surface area contributed by atoms with Gasteiger partial charge in [-0.25, -0.2) is 4.68 Å². The van der Waals surface area contributed by atoms with E-state index in [0.717, 1.165) is 16.9 Å². The van der Waals surface area contributed by atoms with Crippen molar-refractivity contribution in [1.29, 1.82) is 0 Å². The minimum Gasteiger partial charge on any atom is -0.485 e. The first-order valence-electron chi connectivity index (χ1n) is 9.81. The molecule has 1 amide bonds. The molecule has 0 aliphatic rings. The number of nitrogen functional groups attached to an aromatic ring is 1. The van der Waals surface area contributed by atoms with Gasteiger partial charge in [0.15, 0.2) is 5.82 Å². The number of hydrogen-bond acceptors (Lipinski definition) is 6. The Bertz CT molecular complexity index is 990. The lowest BCUT2D eigenvalue weighted by Gasteiger charge is -2.20. The fourth-order valence-corrected chi connectivity index (χ4v) is 3.78. The number of aryl methyl sites for hydroxylation is 2. The standard InChI is InChI=1S/C22H27N5O2S/c1-4-26(13-18-8-6-5-7-9-18)21(28)15-30-22-25-24-20(27(22)23)14-29-19-11-10-16(2)12-17(19)3/h5-12H,4,13-15,23H2,1-3H3. The Kier molecular flexibility index (Phi) is 7.35. The highest BCUT2D eigenvalue weighted by Gasteiger charge is 2.16. The van der Waals surface area contributed by atoms with Crippen LogP contribution in [0.3, 0.4) is 0 Å². The predicted molar refractivity (Wildman–Crippen MR) is 119 cm³/mol. The normalized spacial score (nSPS) is 10.8. The first-order valence-corrected chi connectivity index (χ1v) is 10.8. The van der Waals surface area contributed by atoms with Crippen LogP contribution in [0.15, 0.2) is 53.7 Å². The third-order valence-electron chi connectivity index (χ3n) is 4.70. The molecule has 0 aliphatic heterocycles. The molecule has 0 fully saturated rings. The Labute approximate surface area is 181 Å². The first-order chi connectivity index (χ1) is 14.5. The quantitative estimate of drug-likeness (QED) is 0.418. The number of rotatable bonds is 9. The largest absolute Gasteiger partial charge is 0.485 e. The monoisotopic (exact) mass is 425 g/mol. The average Bonchev–Trinajstić information content (AvgIpc) is 3.10. The van der Waals surface area contributed by atoms with Crippen molar-refractivity contribution < 1.29 is 9.53 Å². The third kappa shape index (κ3) is 5.54. The summed E-state index contributed by atoms with van der Waals surface area (Å²) in [6, 6.07) is 15.9. The van der Waals surface area contributed by atoms with E-state index in [0.29, 0.717) is 24.1 Å². The molecule has 0 bridgehead atoms. The second-order valence-corrected chi connectivity index (χ2v) is 7.95. The zero-order valence-corrected chi connectivity index (χ0v) is 18.4. The van der Waals surface area contributed by atoms with Gasteiger partial charge in [-0.3, -0.25) is 4.79 Å². The van der Waals surface area contributed by atoms with Crippen LogP contribution < -0.4 is 10.6 Å². The highest BCUT2D eigenvalue weighted by Crippen LogP contribution is 2.21. The van der Waals surface area contributed by atoms with Crippen molar-refractivity contribution in [3.05, 3.63) is 71.0 Å². The molecule has 7 nitrogen and oxygen atoms in total. The Balaban J connectivity index is 1.55. The molecule has 1 aromatic heterocycles. The van der Waals surface area contributed by atoms with Gasteiger partial charge in [0.2, 0.25) is 11.1 Å². The van der Waals surface area contributed by atoms with Crippen LogP contribution in [0.25, 0.3) is 0 Å². The van der Waals surface area contributed by atoms with Crippen LogP contribution in [0.4, 0.5) is 0 Å². The van der Waals surface area contributed by atoms with E-state index in [1.807, 2.05) is 68.1 Å². The van der Waals surface area contributed by atoms with Gasteiger partial charge in [0.25, 0.3) is 0 Å². The van der Waals surface area contributed by atoms with E-state index in [4.69, 9.17) is 10.6 Å². The molecule has 3 rings (SSSR count). The van der Waals surface area contributed by atoms with E-state index >= 15 is 0 Å². The van der Waals surface area contributed by atoms with Gasteiger partial charge >= 0.3 is 0 Å². The van der Waals surface area contributed by atoms with Gasteiger partial charge in [-0.05, 0) is 38.0 Å². The molecule has 8 heteroatoms. The SMILES string of the molecule is CCN(Cc1ccccc1)C(=O)CSc1nnc(COc2ccc(C)cc2C)n1N. The number of thioether (sulfide) groups is 1. The fourth-order valence-electron chi connectivity index (χ4n) is 3.01. The Morgan fingerprint density at radius 1 is 1.17 bits per heavy atom. The number of nitrogens with zero attached hydrogens (tertiary/aromatic N) is 4. The smallest absolute Gasteiger partial charge is 0.233 e. The molecule has 0 saturated heterocycles. The Morgan fingerprint density at radius 2 is 1.93 bits per heavy atom. The van der Waals surface area contributed by atoms with Gasteiger partial charge in [-0.15, -0.1) is 10.2 Å². The molecule has 158 valence electrons. The van der Waals surface area contributed by atoms with Gasteiger partial charge in [-0.1, -0.05) is 59.8 Å². The maximum atomic E-state index is 12.6. The molecule has 0 unspecified atom stereocenters. The molecule has 2 aromatic carbocycles. The molecule has 1 heterocycles. The summed E-state index contributed by atoms with van der Waals surface area (Å²) in [4.78, 5) is 14.4. The van der Waals surface area contributed by atoms with Gasteiger partial charge in [0.05, 0.1) is 5.75 Å². The van der Waals surface area contributed by atoms with Gasteiger partial charge in [0.1, 0.15) is 12.4 Å². The van der Waals surface area contributed by atoms with Gasteiger partial charge in [-0.2, -0.15) is 0 Å². The van der Waals surface area contributed by atoms with Crippen molar-refractivity contribution in [3.8, 4) is 5.75 Å². The van der Waals surface area contributed by atoms with Crippen molar-refractivity contribution in [2.75, 3.05) is 18.1 Å². The summed E-state index contributed by atoms with van der Waals surface area (Å²) in [6.07, 6.45) is 0. The minimum absolute atomic E-state index is 0.0300. The van der Waals surface area contributed by atoms with Crippen LogP contribution >= 0.6 is 11.8 Å². The zero-order chi connectivity index (χ0) is 21.5. The van der Waals surface area contributed by atoms with E-state index < -0.39 is 0 Å². The van der Waals surface area contributed by atoms with Crippen LogP contribution in [0, 0.1) is 13.8 Å². The number of benzene rings is 2. The molecule has 30 heavy (non-hydrogen) atoms. The van der Waals surface area contributed by atoms with E-state index in [1.165, 1.54) is 22.0 Å². The van der Waals surface area contributed by atoms with E-state index in [9.17, 15) is 4.79 Å². The molecule has 0 aliphatic carbocycles. The molecule has 3 aromatic rings. The summed E-state index contributed by atoms with van der Waals surface area (Å²) in [7, 11) is 0. The van der Waals surface area contributed by atoms with Crippen molar-refractivity contribution in [3.63, 3.8) is 0 Å².